The molecule has 0 N–H and O–H groups in total. The van der Waals surface area contributed by atoms with E-state index < -0.39 is 6.03 Å². The van der Waals surface area contributed by atoms with Crippen molar-refractivity contribution in [3.8, 4) is 5.75 Å². The van der Waals surface area contributed by atoms with Crippen LogP contribution in [0.2, 0.25) is 0 Å². The fourth-order valence-electron chi connectivity index (χ4n) is 3.31. The number of anilines is 1. The maximum atomic E-state index is 12.9. The molecule has 1 aliphatic heterocycles. The normalized spacial score (nSPS) is 14.0. The van der Waals surface area contributed by atoms with Crippen molar-refractivity contribution in [2.75, 3.05) is 11.5 Å². The number of ether oxygens (including phenoxy) is 1. The Kier molecular flexibility index (Phi) is 4.42. The number of para-hydroxylation sites is 1. The van der Waals surface area contributed by atoms with Crippen LogP contribution in [0.25, 0.3) is 10.8 Å². The van der Waals surface area contributed by atoms with Crippen molar-refractivity contribution >= 4 is 34.1 Å². The van der Waals surface area contributed by atoms with E-state index in [1.807, 2.05) is 49.4 Å². The minimum absolute atomic E-state index is 0.223. The van der Waals surface area contributed by atoms with E-state index in [1.165, 1.54) is 0 Å². The van der Waals surface area contributed by atoms with Gasteiger partial charge < -0.3 is 4.74 Å². The molecule has 0 fully saturated rings. The Labute approximate surface area is 156 Å². The molecule has 1 aliphatic rings. The van der Waals surface area contributed by atoms with Crippen LogP contribution >= 0.6 is 0 Å². The Balaban J connectivity index is 1.72. The minimum atomic E-state index is -0.556. The van der Waals surface area contributed by atoms with E-state index in [0.717, 1.165) is 21.2 Å². The number of aliphatic imine (C=N–C) groups is 1. The van der Waals surface area contributed by atoms with Crippen molar-refractivity contribution in [2.45, 2.75) is 13.3 Å². The summed E-state index contributed by atoms with van der Waals surface area (Å²) in [5.74, 6) is 0.318. The minimum Gasteiger partial charge on any atom is -0.494 e. The molecular weight excluding hydrogens is 340 g/mol. The van der Waals surface area contributed by atoms with Gasteiger partial charge in [0.15, 0.2) is 0 Å². The summed E-state index contributed by atoms with van der Waals surface area (Å²) in [4.78, 5) is 30.3. The van der Waals surface area contributed by atoms with E-state index in [9.17, 15) is 9.59 Å². The van der Waals surface area contributed by atoms with Crippen LogP contribution in [0, 0.1) is 0 Å². The van der Waals surface area contributed by atoms with Crippen molar-refractivity contribution in [1.82, 2.24) is 0 Å². The molecule has 0 spiro atoms. The molecule has 27 heavy (non-hydrogen) atoms. The second-order valence-electron chi connectivity index (χ2n) is 6.19. The van der Waals surface area contributed by atoms with Gasteiger partial charge in [0.2, 0.25) is 0 Å². The van der Waals surface area contributed by atoms with Crippen molar-refractivity contribution in [2.24, 2.45) is 4.99 Å². The number of hydrogen-bond acceptors (Lipinski definition) is 3. The molecule has 0 aromatic heterocycles. The molecule has 0 unspecified atom stereocenters. The fraction of sp³-hybridized carbons (Fsp3) is 0.136. The van der Waals surface area contributed by atoms with Crippen LogP contribution in [0.4, 0.5) is 10.5 Å². The molecule has 134 valence electrons. The molecule has 3 amide bonds. The molecular formula is C22H18N2O3. The van der Waals surface area contributed by atoms with Crippen LogP contribution in [0.5, 0.6) is 5.75 Å². The second-order valence-corrected chi connectivity index (χ2v) is 6.19. The largest absolute Gasteiger partial charge is 0.494 e. The quantitative estimate of drug-likeness (QED) is 0.680. The highest BCUT2D eigenvalue weighted by Gasteiger charge is 2.34. The lowest BCUT2D eigenvalue weighted by Gasteiger charge is -2.15. The van der Waals surface area contributed by atoms with E-state index in [4.69, 9.17) is 4.74 Å². The Morgan fingerprint density at radius 1 is 0.926 bits per heavy atom. The third-order valence-corrected chi connectivity index (χ3v) is 4.53. The number of amides is 3. The summed E-state index contributed by atoms with van der Waals surface area (Å²) in [6, 6.07) is 20.1. The summed E-state index contributed by atoms with van der Waals surface area (Å²) in [5, 5.41) is 2.04. The zero-order valence-corrected chi connectivity index (χ0v) is 14.9. The number of hydrogen-bond donors (Lipinski definition) is 0. The lowest BCUT2D eigenvalue weighted by atomic mass is 9.98. The number of carbonyl (C=O) groups is 2. The summed E-state index contributed by atoms with van der Waals surface area (Å²) in [6.07, 6.45) is 0.241. The number of fused-ring (bicyclic) bond motifs is 1. The highest BCUT2D eigenvalue weighted by molar-refractivity contribution is 6.54. The van der Waals surface area contributed by atoms with Gasteiger partial charge in [-0.15, -0.1) is 0 Å². The third-order valence-electron chi connectivity index (χ3n) is 4.53. The van der Waals surface area contributed by atoms with E-state index in [2.05, 4.69) is 4.99 Å². The van der Waals surface area contributed by atoms with E-state index >= 15 is 0 Å². The highest BCUT2D eigenvalue weighted by Crippen LogP contribution is 2.30. The topological polar surface area (TPSA) is 59.0 Å². The van der Waals surface area contributed by atoms with E-state index in [0.29, 0.717) is 18.0 Å². The van der Waals surface area contributed by atoms with E-state index in [-0.39, 0.29) is 18.0 Å². The van der Waals surface area contributed by atoms with Crippen molar-refractivity contribution < 1.29 is 14.3 Å². The van der Waals surface area contributed by atoms with Gasteiger partial charge in [-0.25, -0.2) is 9.69 Å². The molecule has 1 heterocycles. The van der Waals surface area contributed by atoms with Crippen LogP contribution in [-0.4, -0.2) is 24.3 Å². The van der Waals surface area contributed by atoms with Crippen LogP contribution in [0.1, 0.15) is 12.5 Å². The lowest BCUT2D eigenvalue weighted by molar-refractivity contribution is -0.111. The zero-order valence-electron chi connectivity index (χ0n) is 14.9. The standard InChI is InChI=1S/C22H18N2O3/c1-2-27-20-13-12-15-8-6-7-11-17(15)18(20)14-19-21(25)24(22(26)23-19)16-9-4-3-5-10-16/h3-13H,2,14H2,1H3. The highest BCUT2D eigenvalue weighted by atomic mass is 16.5. The van der Waals surface area contributed by atoms with Gasteiger partial charge in [0.05, 0.1) is 12.3 Å². The van der Waals surface area contributed by atoms with Gasteiger partial charge in [0.1, 0.15) is 11.5 Å². The molecule has 3 aromatic carbocycles. The average molecular weight is 358 g/mol. The van der Waals surface area contributed by atoms with Crippen LogP contribution in [0.3, 0.4) is 0 Å². The zero-order chi connectivity index (χ0) is 18.8. The first-order valence-corrected chi connectivity index (χ1v) is 8.83. The summed E-state index contributed by atoms with van der Waals surface area (Å²) in [5.41, 5.74) is 1.61. The Bertz CT molecular complexity index is 1060. The fourth-order valence-corrected chi connectivity index (χ4v) is 3.31. The predicted octanol–water partition coefficient (Wildman–Crippen LogP) is 4.39. The molecule has 5 nitrogen and oxygen atoms in total. The molecule has 3 aromatic rings. The SMILES string of the molecule is CCOc1ccc2ccccc2c1CC1=NC(=O)N(c2ccccc2)C1=O. The van der Waals surface area contributed by atoms with Crippen LogP contribution < -0.4 is 9.64 Å². The van der Waals surface area contributed by atoms with Crippen LogP contribution in [-0.2, 0) is 11.2 Å². The van der Waals surface area contributed by atoms with Crippen LogP contribution in [0.15, 0.2) is 71.7 Å². The monoisotopic (exact) mass is 358 g/mol. The second kappa shape index (κ2) is 7.03. The lowest BCUT2D eigenvalue weighted by Crippen LogP contribution is -2.33. The first-order chi connectivity index (χ1) is 13.2. The van der Waals surface area contributed by atoms with Gasteiger partial charge in [-0.2, -0.15) is 4.99 Å². The molecule has 5 heteroatoms. The van der Waals surface area contributed by atoms with E-state index in [1.54, 1.807) is 24.3 Å². The predicted molar refractivity (Wildman–Crippen MR) is 106 cm³/mol. The smallest absolute Gasteiger partial charge is 0.355 e. The van der Waals surface area contributed by atoms with Crippen molar-refractivity contribution in [1.29, 1.82) is 0 Å². The average Bonchev–Trinajstić information content (AvgIpc) is 2.97. The maximum absolute atomic E-state index is 12.9. The first kappa shape index (κ1) is 17.0. The molecule has 0 saturated heterocycles. The Morgan fingerprint density at radius 2 is 1.67 bits per heavy atom. The first-order valence-electron chi connectivity index (χ1n) is 8.83. The summed E-state index contributed by atoms with van der Waals surface area (Å²) in [7, 11) is 0. The van der Waals surface area contributed by atoms with Gasteiger partial charge in [0, 0.05) is 12.0 Å². The Hall–Kier alpha value is -3.47. The van der Waals surface area contributed by atoms with Crippen molar-refractivity contribution in [3.05, 3.63) is 72.3 Å². The molecule has 0 saturated carbocycles. The van der Waals surface area contributed by atoms with Gasteiger partial charge in [-0.05, 0) is 35.9 Å². The summed E-state index contributed by atoms with van der Waals surface area (Å²) in [6.45, 7) is 2.43. The van der Waals surface area contributed by atoms with Gasteiger partial charge in [-0.3, -0.25) is 4.79 Å². The van der Waals surface area contributed by atoms with Gasteiger partial charge >= 0.3 is 6.03 Å². The number of carbonyl (C=O) groups excluding carboxylic acids is 2. The molecule has 0 bridgehead atoms. The molecule has 0 atom stereocenters. The number of benzene rings is 3. The van der Waals surface area contributed by atoms with Crippen molar-refractivity contribution in [3.63, 3.8) is 0 Å². The summed E-state index contributed by atoms with van der Waals surface area (Å²) < 4.78 is 5.76. The number of nitrogens with zero attached hydrogens (tertiary/aromatic N) is 2. The number of imide groups is 1. The number of rotatable bonds is 5. The third kappa shape index (κ3) is 3.08. The van der Waals surface area contributed by atoms with Gasteiger partial charge in [0.25, 0.3) is 5.91 Å². The maximum Gasteiger partial charge on any atom is 0.355 e. The molecule has 0 aliphatic carbocycles. The van der Waals surface area contributed by atoms with Gasteiger partial charge in [-0.1, -0.05) is 48.5 Å². The number of urea groups is 1. The Morgan fingerprint density at radius 3 is 2.44 bits per heavy atom. The molecule has 4 rings (SSSR count). The summed E-state index contributed by atoms with van der Waals surface area (Å²) >= 11 is 0. The molecule has 0 radical (unpaired) electrons.